The van der Waals surface area contributed by atoms with Crippen LogP contribution in [0.4, 0.5) is 0 Å². The zero-order valence-corrected chi connectivity index (χ0v) is 15.0. The lowest BCUT2D eigenvalue weighted by Gasteiger charge is -2.25. The van der Waals surface area contributed by atoms with Crippen molar-refractivity contribution in [1.29, 1.82) is 0 Å². The van der Waals surface area contributed by atoms with Crippen LogP contribution in [0.3, 0.4) is 0 Å². The van der Waals surface area contributed by atoms with E-state index in [1.807, 2.05) is 0 Å². The Bertz CT molecular complexity index is 563. The molecule has 1 aromatic heterocycles. The Kier molecular flexibility index (Phi) is 5.88. The lowest BCUT2D eigenvalue weighted by atomic mass is 10.1. The molecule has 0 aliphatic heterocycles. The van der Waals surface area contributed by atoms with Gasteiger partial charge < -0.3 is 9.73 Å². The number of furan rings is 1. The molecule has 0 aromatic carbocycles. The first-order valence-corrected chi connectivity index (χ1v) is 9.61. The third-order valence-electron chi connectivity index (χ3n) is 4.05. The molecule has 1 aliphatic rings. The largest absolute Gasteiger partial charge is 0.452 e. The third kappa shape index (κ3) is 3.88. The Balaban J connectivity index is 2.23. The van der Waals surface area contributed by atoms with E-state index in [0.717, 1.165) is 25.7 Å². The maximum atomic E-state index is 12.8. The second-order valence-electron chi connectivity index (χ2n) is 5.55. The molecule has 0 bridgehead atoms. The van der Waals surface area contributed by atoms with Gasteiger partial charge >= 0.3 is 0 Å². The highest BCUT2D eigenvalue weighted by Gasteiger charge is 2.32. The number of hydrogen-bond acceptors (Lipinski definition) is 4. The fraction of sp³-hybridized carbons (Fsp3) is 0.714. The summed E-state index contributed by atoms with van der Waals surface area (Å²) >= 11 is 3.23. The van der Waals surface area contributed by atoms with Gasteiger partial charge in [0.05, 0.1) is 6.54 Å². The van der Waals surface area contributed by atoms with Crippen molar-refractivity contribution in [2.45, 2.75) is 56.0 Å². The number of sulfonamides is 1. The second kappa shape index (κ2) is 7.26. The molecule has 1 fully saturated rings. The van der Waals surface area contributed by atoms with Gasteiger partial charge in [-0.05, 0) is 35.8 Å². The van der Waals surface area contributed by atoms with Crippen LogP contribution in [0.1, 0.15) is 44.3 Å². The Morgan fingerprint density at radius 1 is 1.33 bits per heavy atom. The second-order valence-corrected chi connectivity index (χ2v) is 8.23. The van der Waals surface area contributed by atoms with E-state index in [9.17, 15) is 8.42 Å². The summed E-state index contributed by atoms with van der Waals surface area (Å²) in [5, 5.41) is 2.95. The van der Waals surface area contributed by atoms with E-state index >= 15 is 0 Å². The first-order valence-electron chi connectivity index (χ1n) is 7.37. The normalized spacial score (nSPS) is 18.1. The van der Waals surface area contributed by atoms with Gasteiger partial charge in [-0.1, -0.05) is 25.7 Å². The monoisotopic (exact) mass is 378 g/mol. The van der Waals surface area contributed by atoms with Crippen molar-refractivity contribution in [3.63, 3.8) is 0 Å². The number of rotatable bonds is 5. The Morgan fingerprint density at radius 3 is 2.52 bits per heavy atom. The summed E-state index contributed by atoms with van der Waals surface area (Å²) in [5.74, 6) is 0.609. The molecule has 1 aliphatic carbocycles. The molecule has 1 N–H and O–H groups in total. The van der Waals surface area contributed by atoms with Crippen molar-refractivity contribution in [2.75, 3.05) is 14.1 Å². The molecule has 0 radical (unpaired) electrons. The highest BCUT2D eigenvalue weighted by molar-refractivity contribution is 9.10. The van der Waals surface area contributed by atoms with Crippen LogP contribution < -0.4 is 5.32 Å². The minimum atomic E-state index is -3.52. The highest BCUT2D eigenvalue weighted by atomic mass is 79.9. The van der Waals surface area contributed by atoms with Crippen molar-refractivity contribution in [1.82, 2.24) is 9.62 Å². The van der Waals surface area contributed by atoms with Crippen LogP contribution in [0.5, 0.6) is 0 Å². The van der Waals surface area contributed by atoms with Gasteiger partial charge in [-0.2, -0.15) is 4.31 Å². The molecule has 1 aromatic rings. The summed E-state index contributed by atoms with van der Waals surface area (Å²) in [5.41, 5.74) is 0. The molecule has 120 valence electrons. The number of halogens is 1. The zero-order chi connectivity index (χ0) is 15.5. The minimum absolute atomic E-state index is 0.0899. The van der Waals surface area contributed by atoms with Gasteiger partial charge in [-0.15, -0.1) is 0 Å². The first kappa shape index (κ1) is 17.0. The first-order chi connectivity index (χ1) is 9.96. The van der Waals surface area contributed by atoms with Crippen LogP contribution in [0.25, 0.3) is 0 Å². The van der Waals surface area contributed by atoms with Gasteiger partial charge in [-0.25, -0.2) is 8.42 Å². The third-order valence-corrected chi connectivity index (χ3v) is 6.82. The van der Waals surface area contributed by atoms with Gasteiger partial charge in [0, 0.05) is 19.2 Å². The SMILES string of the molecule is CNCc1cc(S(=O)(=O)N(C)C2CCCCCC2)c(Br)o1. The molecule has 21 heavy (non-hydrogen) atoms. The average Bonchev–Trinajstić information content (AvgIpc) is 2.67. The molecule has 7 heteroatoms. The van der Waals surface area contributed by atoms with E-state index in [1.54, 1.807) is 20.2 Å². The topological polar surface area (TPSA) is 62.6 Å². The molecule has 0 unspecified atom stereocenters. The van der Waals surface area contributed by atoms with Crippen molar-refractivity contribution in [3.05, 3.63) is 16.5 Å². The fourth-order valence-electron chi connectivity index (χ4n) is 2.81. The molecule has 2 rings (SSSR count). The summed E-state index contributed by atoms with van der Waals surface area (Å²) in [6.07, 6.45) is 6.48. The van der Waals surface area contributed by atoms with Crippen LogP contribution in [0.2, 0.25) is 0 Å². The maximum absolute atomic E-state index is 12.8. The highest BCUT2D eigenvalue weighted by Crippen LogP contribution is 2.31. The van der Waals surface area contributed by atoms with Crippen LogP contribution in [-0.2, 0) is 16.6 Å². The van der Waals surface area contributed by atoms with Crippen LogP contribution in [-0.4, -0.2) is 32.9 Å². The van der Waals surface area contributed by atoms with E-state index in [-0.39, 0.29) is 15.6 Å². The van der Waals surface area contributed by atoms with Gasteiger partial charge in [0.1, 0.15) is 10.7 Å². The molecule has 0 saturated heterocycles. The number of hydrogen-bond donors (Lipinski definition) is 1. The van der Waals surface area contributed by atoms with Crippen LogP contribution >= 0.6 is 15.9 Å². The van der Waals surface area contributed by atoms with E-state index in [4.69, 9.17) is 4.42 Å². The van der Waals surface area contributed by atoms with Crippen molar-refractivity contribution in [2.24, 2.45) is 0 Å². The molecule has 5 nitrogen and oxygen atoms in total. The Labute approximate surface area is 135 Å². The Hall–Kier alpha value is -0.370. The predicted molar refractivity (Wildman–Crippen MR) is 85.6 cm³/mol. The van der Waals surface area contributed by atoms with Crippen molar-refractivity contribution < 1.29 is 12.8 Å². The predicted octanol–water partition coefficient (Wildman–Crippen LogP) is 3.10. The van der Waals surface area contributed by atoms with E-state index < -0.39 is 10.0 Å². The lowest BCUT2D eigenvalue weighted by molar-refractivity contribution is 0.335. The lowest BCUT2D eigenvalue weighted by Crippen LogP contribution is -2.36. The zero-order valence-electron chi connectivity index (χ0n) is 12.6. The quantitative estimate of drug-likeness (QED) is 0.799. The fourth-order valence-corrected chi connectivity index (χ4v) is 5.18. The summed E-state index contributed by atoms with van der Waals surface area (Å²) in [7, 11) is -0.0411. The van der Waals surface area contributed by atoms with E-state index in [1.165, 1.54) is 17.1 Å². The summed E-state index contributed by atoms with van der Waals surface area (Å²) in [6, 6.07) is 1.69. The summed E-state index contributed by atoms with van der Waals surface area (Å²) < 4.78 is 32.9. The molecule has 1 saturated carbocycles. The molecular weight excluding hydrogens is 356 g/mol. The molecule has 1 heterocycles. The molecular formula is C14H23BrN2O3S. The van der Waals surface area contributed by atoms with Gasteiger partial charge in [0.15, 0.2) is 4.67 Å². The van der Waals surface area contributed by atoms with E-state index in [2.05, 4.69) is 21.2 Å². The van der Waals surface area contributed by atoms with Gasteiger partial charge in [0.25, 0.3) is 0 Å². The molecule has 0 spiro atoms. The standard InChI is InChI=1S/C14H23BrN2O3S/c1-16-10-12-9-13(14(15)20-12)21(18,19)17(2)11-7-5-3-4-6-8-11/h9,11,16H,3-8,10H2,1-2H3. The Morgan fingerprint density at radius 2 is 1.95 bits per heavy atom. The number of nitrogens with one attached hydrogen (secondary N) is 1. The minimum Gasteiger partial charge on any atom is -0.452 e. The van der Waals surface area contributed by atoms with E-state index in [0.29, 0.717) is 12.3 Å². The van der Waals surface area contributed by atoms with Crippen molar-refractivity contribution >= 4 is 26.0 Å². The average molecular weight is 379 g/mol. The molecule has 0 atom stereocenters. The van der Waals surface area contributed by atoms with Crippen LogP contribution in [0, 0.1) is 0 Å². The van der Waals surface area contributed by atoms with Gasteiger partial charge in [-0.3, -0.25) is 0 Å². The maximum Gasteiger partial charge on any atom is 0.247 e. The van der Waals surface area contributed by atoms with Crippen molar-refractivity contribution in [3.8, 4) is 0 Å². The number of nitrogens with zero attached hydrogens (tertiary/aromatic N) is 1. The summed E-state index contributed by atoms with van der Waals surface area (Å²) in [4.78, 5) is 0.222. The van der Waals surface area contributed by atoms with Gasteiger partial charge in [0.2, 0.25) is 10.0 Å². The summed E-state index contributed by atoms with van der Waals surface area (Å²) in [6.45, 7) is 0.501. The smallest absolute Gasteiger partial charge is 0.247 e. The molecule has 0 amide bonds. The van der Waals surface area contributed by atoms with Crippen LogP contribution in [0.15, 0.2) is 20.0 Å².